The van der Waals surface area contributed by atoms with E-state index in [1.54, 1.807) is 55.5 Å². The molecular weight excluding hydrogens is 572 g/mol. The third-order valence-corrected chi connectivity index (χ3v) is 8.18. The average molecular weight is 593 g/mol. The highest BCUT2D eigenvalue weighted by molar-refractivity contribution is 7.92. The summed E-state index contributed by atoms with van der Waals surface area (Å²) in [5.74, 6) is -0.642. The zero-order chi connectivity index (χ0) is 28.4. The minimum atomic E-state index is -4.67. The summed E-state index contributed by atoms with van der Waals surface area (Å²) in [7, 11) is -3.99. The third kappa shape index (κ3) is 6.55. The number of benzene rings is 4. The van der Waals surface area contributed by atoms with E-state index in [1.165, 1.54) is 34.6 Å². The molecule has 0 unspecified atom stereocenters. The van der Waals surface area contributed by atoms with E-state index in [1.807, 2.05) is 0 Å². The third-order valence-electron chi connectivity index (χ3n) is 5.84. The molecule has 0 aliphatic carbocycles. The van der Waals surface area contributed by atoms with E-state index < -0.39 is 32.7 Å². The molecule has 39 heavy (non-hydrogen) atoms. The van der Waals surface area contributed by atoms with Crippen molar-refractivity contribution in [1.82, 2.24) is 0 Å². The summed E-state index contributed by atoms with van der Waals surface area (Å²) in [5, 5.41) is 2.32. The smallest absolute Gasteiger partial charge is 0.322 e. The van der Waals surface area contributed by atoms with Gasteiger partial charge in [-0.2, -0.15) is 13.2 Å². The number of sulfonamides is 1. The van der Waals surface area contributed by atoms with Gasteiger partial charge in [0.05, 0.1) is 27.7 Å². The summed E-state index contributed by atoms with van der Waals surface area (Å²) < 4.78 is 67.9. The minimum Gasteiger partial charge on any atom is -0.322 e. The van der Waals surface area contributed by atoms with Crippen molar-refractivity contribution in [3.8, 4) is 0 Å². The maximum Gasteiger partial charge on any atom is 0.417 e. The SMILES string of the molecule is Cc1ccc(Cl)cc1N(Cc1ccc(C(=O)Nc2ccc(Cl)c(C(F)(F)F)c2)cc1)S(=O)(=O)c1ccccc1. The molecule has 4 rings (SSSR count). The highest BCUT2D eigenvalue weighted by Gasteiger charge is 2.33. The molecule has 0 heterocycles. The Morgan fingerprint density at radius 1 is 0.897 bits per heavy atom. The molecular formula is C28H21Cl2F3N2O3S. The van der Waals surface area contributed by atoms with E-state index >= 15 is 0 Å². The highest BCUT2D eigenvalue weighted by atomic mass is 35.5. The molecule has 1 N–H and O–H groups in total. The molecule has 0 fully saturated rings. The molecule has 5 nitrogen and oxygen atoms in total. The Labute approximate surface area is 233 Å². The van der Waals surface area contributed by atoms with E-state index in [9.17, 15) is 26.4 Å². The van der Waals surface area contributed by atoms with Gasteiger partial charge in [-0.25, -0.2) is 8.42 Å². The minimum absolute atomic E-state index is 0.0631. The van der Waals surface area contributed by atoms with Crippen LogP contribution in [-0.4, -0.2) is 14.3 Å². The van der Waals surface area contributed by atoms with Gasteiger partial charge in [0.1, 0.15) is 0 Å². The lowest BCUT2D eigenvalue weighted by molar-refractivity contribution is -0.137. The number of hydrogen-bond acceptors (Lipinski definition) is 3. The van der Waals surface area contributed by atoms with Crippen molar-refractivity contribution < 1.29 is 26.4 Å². The second-order valence-electron chi connectivity index (χ2n) is 8.60. The molecule has 0 spiro atoms. The number of anilines is 2. The molecule has 0 saturated carbocycles. The van der Waals surface area contributed by atoms with Gasteiger partial charge in [0.2, 0.25) is 0 Å². The first-order valence-corrected chi connectivity index (χ1v) is 13.7. The fraction of sp³-hybridized carbons (Fsp3) is 0.107. The van der Waals surface area contributed by atoms with Crippen LogP contribution < -0.4 is 9.62 Å². The fourth-order valence-electron chi connectivity index (χ4n) is 3.82. The molecule has 0 aliphatic rings. The summed E-state index contributed by atoms with van der Waals surface area (Å²) in [4.78, 5) is 12.8. The van der Waals surface area contributed by atoms with Gasteiger partial charge in [0.15, 0.2) is 0 Å². The van der Waals surface area contributed by atoms with Crippen LogP contribution in [0.1, 0.15) is 27.0 Å². The number of hydrogen-bond donors (Lipinski definition) is 1. The van der Waals surface area contributed by atoms with Crippen LogP contribution in [0.5, 0.6) is 0 Å². The topological polar surface area (TPSA) is 66.5 Å². The first kappa shape index (κ1) is 28.5. The van der Waals surface area contributed by atoms with Crippen LogP contribution in [0.4, 0.5) is 24.5 Å². The van der Waals surface area contributed by atoms with E-state index in [2.05, 4.69) is 5.32 Å². The van der Waals surface area contributed by atoms with Crippen LogP contribution in [0, 0.1) is 6.92 Å². The van der Waals surface area contributed by atoms with E-state index in [4.69, 9.17) is 23.2 Å². The summed E-state index contributed by atoms with van der Waals surface area (Å²) >= 11 is 11.8. The van der Waals surface area contributed by atoms with Crippen molar-refractivity contribution in [1.29, 1.82) is 0 Å². The number of nitrogens with one attached hydrogen (secondary N) is 1. The Kier molecular flexibility index (Phi) is 8.25. The lowest BCUT2D eigenvalue weighted by atomic mass is 10.1. The van der Waals surface area contributed by atoms with E-state index in [0.717, 1.165) is 12.1 Å². The number of rotatable bonds is 7. The molecule has 0 saturated heterocycles. The van der Waals surface area contributed by atoms with Crippen LogP contribution in [0.15, 0.2) is 95.9 Å². The summed E-state index contributed by atoms with van der Waals surface area (Å²) in [6.07, 6.45) is -4.67. The number of carbonyl (C=O) groups excluding carboxylic acids is 1. The van der Waals surface area contributed by atoms with Crippen LogP contribution >= 0.6 is 23.2 Å². The largest absolute Gasteiger partial charge is 0.417 e. The first-order chi connectivity index (χ1) is 18.4. The first-order valence-electron chi connectivity index (χ1n) is 11.5. The van der Waals surface area contributed by atoms with Crippen molar-refractivity contribution in [2.45, 2.75) is 24.5 Å². The predicted octanol–water partition coefficient (Wildman–Crippen LogP) is 7.97. The monoisotopic (exact) mass is 592 g/mol. The van der Waals surface area contributed by atoms with Gasteiger partial charge >= 0.3 is 6.18 Å². The van der Waals surface area contributed by atoms with Gasteiger partial charge in [0, 0.05) is 16.3 Å². The van der Waals surface area contributed by atoms with Gasteiger partial charge in [-0.1, -0.05) is 59.6 Å². The van der Waals surface area contributed by atoms with Crippen LogP contribution in [-0.2, 0) is 22.7 Å². The van der Waals surface area contributed by atoms with Crippen LogP contribution in [0.3, 0.4) is 0 Å². The van der Waals surface area contributed by atoms with Crippen LogP contribution in [0.25, 0.3) is 0 Å². The van der Waals surface area contributed by atoms with Gasteiger partial charge in [-0.05, 0) is 72.6 Å². The molecule has 0 bridgehead atoms. The Hall–Kier alpha value is -3.53. The van der Waals surface area contributed by atoms with E-state index in [-0.39, 0.29) is 22.7 Å². The molecule has 0 aliphatic heterocycles. The van der Waals surface area contributed by atoms with Gasteiger partial charge in [0.25, 0.3) is 15.9 Å². The lowest BCUT2D eigenvalue weighted by Crippen LogP contribution is -2.31. The molecule has 202 valence electrons. The van der Waals surface area contributed by atoms with Crippen molar-refractivity contribution >= 4 is 50.5 Å². The summed E-state index contributed by atoms with van der Waals surface area (Å²) in [5.41, 5.74) is 0.688. The zero-order valence-electron chi connectivity index (χ0n) is 20.3. The molecule has 0 radical (unpaired) electrons. The Morgan fingerprint density at radius 2 is 1.56 bits per heavy atom. The molecule has 4 aromatic carbocycles. The fourth-order valence-corrected chi connectivity index (χ4v) is 5.74. The normalized spacial score (nSPS) is 11.7. The number of aryl methyl sites for hydroxylation is 1. The quantitative estimate of drug-likeness (QED) is 0.236. The second kappa shape index (κ2) is 11.3. The van der Waals surface area contributed by atoms with Gasteiger partial charge in [-0.15, -0.1) is 0 Å². The van der Waals surface area contributed by atoms with E-state index in [0.29, 0.717) is 21.8 Å². The maximum atomic E-state index is 13.6. The highest BCUT2D eigenvalue weighted by Crippen LogP contribution is 2.36. The summed E-state index contributed by atoms with van der Waals surface area (Å²) in [6, 6.07) is 22.1. The molecule has 0 atom stereocenters. The Balaban J connectivity index is 1.61. The zero-order valence-corrected chi connectivity index (χ0v) is 22.7. The van der Waals surface area contributed by atoms with Crippen molar-refractivity contribution in [3.05, 3.63) is 123 Å². The number of alkyl halides is 3. The van der Waals surface area contributed by atoms with Gasteiger partial charge < -0.3 is 5.32 Å². The van der Waals surface area contributed by atoms with Crippen LogP contribution in [0.2, 0.25) is 10.0 Å². The number of carbonyl (C=O) groups is 1. The Bertz CT molecular complexity index is 1610. The predicted molar refractivity (Wildman–Crippen MR) is 147 cm³/mol. The van der Waals surface area contributed by atoms with Crippen molar-refractivity contribution in [3.63, 3.8) is 0 Å². The van der Waals surface area contributed by atoms with Gasteiger partial charge in [-0.3, -0.25) is 9.10 Å². The lowest BCUT2D eigenvalue weighted by Gasteiger charge is -2.26. The molecule has 1 amide bonds. The summed E-state index contributed by atoms with van der Waals surface area (Å²) in [6.45, 7) is 1.71. The average Bonchev–Trinajstić information content (AvgIpc) is 2.90. The van der Waals surface area contributed by atoms with Crippen molar-refractivity contribution in [2.75, 3.05) is 9.62 Å². The Morgan fingerprint density at radius 3 is 2.21 bits per heavy atom. The standard InChI is InChI=1S/C28H21Cl2F3N2O3S/c1-18-7-12-21(29)15-26(18)35(39(37,38)23-5-3-2-4-6-23)17-19-8-10-20(11-9-19)27(36)34-22-13-14-25(30)24(16-22)28(31,32)33/h2-16H,17H2,1H3,(H,34,36). The number of amides is 1. The number of halogens is 5. The van der Waals surface area contributed by atoms with Crippen molar-refractivity contribution in [2.24, 2.45) is 0 Å². The molecule has 4 aromatic rings. The maximum absolute atomic E-state index is 13.6. The number of nitrogens with zero attached hydrogens (tertiary/aromatic N) is 1. The second-order valence-corrected chi connectivity index (χ2v) is 11.3. The molecule has 11 heteroatoms. The molecule has 0 aromatic heterocycles.